The maximum absolute atomic E-state index is 11.1. The zero-order valence-electron chi connectivity index (χ0n) is 9.61. The summed E-state index contributed by atoms with van der Waals surface area (Å²) in [4.78, 5) is 11.2. The number of rotatable bonds is 4. The van der Waals surface area contributed by atoms with Gasteiger partial charge in [-0.1, -0.05) is 72.9 Å². The van der Waals surface area contributed by atoms with Crippen molar-refractivity contribution in [2.75, 3.05) is 0 Å². The Balaban J connectivity index is 2.48. The molecule has 0 spiro atoms. The van der Waals surface area contributed by atoms with Gasteiger partial charge >= 0.3 is 5.97 Å². The molecular weight excluding hydrogens is 244 g/mol. The number of carbonyl (C=O) groups is 1. The van der Waals surface area contributed by atoms with Gasteiger partial charge in [-0.15, -0.1) is 0 Å². The highest BCUT2D eigenvalue weighted by Gasteiger charge is 2.23. The van der Waals surface area contributed by atoms with Crippen molar-refractivity contribution in [3.05, 3.63) is 71.8 Å². The van der Waals surface area contributed by atoms with Crippen molar-refractivity contribution in [3.63, 3.8) is 0 Å². The standard InChI is InChI=1S/C15H12O2S/c16-15(17)14(18)13(11-7-3-1-4-8-11)12-9-5-2-6-10-12/h1-10,13H,(H,16,17). The van der Waals surface area contributed by atoms with Gasteiger partial charge in [0, 0.05) is 0 Å². The molecule has 90 valence electrons. The number of carboxylic acid groups (broad SMARTS) is 1. The molecule has 3 heteroatoms. The largest absolute Gasteiger partial charge is 0.477 e. The van der Waals surface area contributed by atoms with Gasteiger partial charge in [0.1, 0.15) is 4.86 Å². The highest BCUT2D eigenvalue weighted by molar-refractivity contribution is 7.82. The Morgan fingerprint density at radius 2 is 1.28 bits per heavy atom. The molecule has 0 bridgehead atoms. The summed E-state index contributed by atoms with van der Waals surface area (Å²) in [6, 6.07) is 18.9. The first-order valence-corrected chi connectivity index (χ1v) is 5.98. The molecule has 0 heterocycles. The van der Waals surface area contributed by atoms with E-state index in [1.165, 1.54) is 0 Å². The van der Waals surface area contributed by atoms with Gasteiger partial charge in [0.05, 0.1) is 5.92 Å². The predicted octanol–water partition coefficient (Wildman–Crippen LogP) is 3.27. The molecule has 18 heavy (non-hydrogen) atoms. The van der Waals surface area contributed by atoms with Crippen molar-refractivity contribution in [1.82, 2.24) is 0 Å². The molecule has 1 N–H and O–H groups in total. The number of thiocarbonyl (C=S) groups is 1. The highest BCUT2D eigenvalue weighted by atomic mass is 32.1. The smallest absolute Gasteiger partial charge is 0.343 e. The first-order valence-electron chi connectivity index (χ1n) is 5.57. The fourth-order valence-corrected chi connectivity index (χ4v) is 2.18. The zero-order chi connectivity index (χ0) is 13.0. The molecule has 0 unspecified atom stereocenters. The van der Waals surface area contributed by atoms with Crippen LogP contribution in [0.4, 0.5) is 0 Å². The number of carboxylic acids is 1. The molecule has 0 amide bonds. The van der Waals surface area contributed by atoms with E-state index in [4.69, 9.17) is 17.3 Å². The van der Waals surface area contributed by atoms with Crippen LogP contribution in [0.2, 0.25) is 0 Å². The lowest BCUT2D eigenvalue weighted by Gasteiger charge is -2.16. The number of hydrogen-bond acceptors (Lipinski definition) is 2. The summed E-state index contributed by atoms with van der Waals surface area (Å²) in [6.07, 6.45) is 0. The quantitative estimate of drug-likeness (QED) is 0.853. The minimum absolute atomic E-state index is 0.0207. The molecule has 2 aromatic carbocycles. The predicted molar refractivity (Wildman–Crippen MR) is 75.0 cm³/mol. The lowest BCUT2D eigenvalue weighted by molar-refractivity contribution is -0.129. The van der Waals surface area contributed by atoms with Gasteiger partial charge in [-0.3, -0.25) is 0 Å². The minimum atomic E-state index is -1.04. The summed E-state index contributed by atoms with van der Waals surface area (Å²) in [6.45, 7) is 0. The maximum atomic E-state index is 11.1. The van der Waals surface area contributed by atoms with Crippen LogP contribution in [-0.2, 0) is 4.79 Å². The van der Waals surface area contributed by atoms with Gasteiger partial charge in [0.2, 0.25) is 0 Å². The highest BCUT2D eigenvalue weighted by Crippen LogP contribution is 2.26. The molecule has 0 radical (unpaired) electrons. The Morgan fingerprint density at radius 1 is 0.889 bits per heavy atom. The average Bonchev–Trinajstić information content (AvgIpc) is 2.41. The third-order valence-corrected chi connectivity index (χ3v) is 3.15. The van der Waals surface area contributed by atoms with E-state index in [-0.39, 0.29) is 10.8 Å². The molecule has 0 aromatic heterocycles. The fourth-order valence-electron chi connectivity index (χ4n) is 1.91. The summed E-state index contributed by atoms with van der Waals surface area (Å²) >= 11 is 5.06. The summed E-state index contributed by atoms with van der Waals surface area (Å²) in [5.74, 6) is -1.41. The van der Waals surface area contributed by atoms with Crippen LogP contribution in [0, 0.1) is 0 Å². The molecule has 0 aliphatic rings. The van der Waals surface area contributed by atoms with Crippen LogP contribution in [-0.4, -0.2) is 15.9 Å². The Bertz CT molecular complexity index is 510. The van der Waals surface area contributed by atoms with Crippen molar-refractivity contribution in [1.29, 1.82) is 0 Å². The second-order valence-corrected chi connectivity index (χ2v) is 4.36. The second-order valence-electron chi connectivity index (χ2n) is 3.92. The molecule has 0 fully saturated rings. The molecule has 0 atom stereocenters. The molecule has 0 saturated carbocycles. The lowest BCUT2D eigenvalue weighted by atomic mass is 9.88. The molecule has 2 nitrogen and oxygen atoms in total. The first-order chi connectivity index (χ1) is 8.70. The van der Waals surface area contributed by atoms with Crippen LogP contribution < -0.4 is 0 Å². The van der Waals surface area contributed by atoms with Gasteiger partial charge in [-0.2, -0.15) is 0 Å². The molecule has 0 aliphatic heterocycles. The van der Waals surface area contributed by atoms with Crippen LogP contribution >= 0.6 is 12.2 Å². The number of aliphatic carboxylic acids is 1. The van der Waals surface area contributed by atoms with Crippen molar-refractivity contribution in [2.45, 2.75) is 5.92 Å². The summed E-state index contributed by atoms with van der Waals surface area (Å²) in [5, 5.41) is 9.13. The van der Waals surface area contributed by atoms with Crippen molar-refractivity contribution in [3.8, 4) is 0 Å². The van der Waals surface area contributed by atoms with Gasteiger partial charge < -0.3 is 5.11 Å². The van der Waals surface area contributed by atoms with E-state index >= 15 is 0 Å². The van der Waals surface area contributed by atoms with E-state index in [9.17, 15) is 4.79 Å². The van der Waals surface area contributed by atoms with Gasteiger partial charge in [-0.25, -0.2) is 4.79 Å². The molecule has 0 aliphatic carbocycles. The summed E-state index contributed by atoms with van der Waals surface area (Å²) < 4.78 is 0. The Hall–Kier alpha value is -2.00. The zero-order valence-corrected chi connectivity index (χ0v) is 10.4. The molecule has 0 saturated heterocycles. The third-order valence-electron chi connectivity index (χ3n) is 2.74. The Labute approximate surface area is 111 Å². The number of hydrogen-bond donors (Lipinski definition) is 1. The van der Waals surface area contributed by atoms with E-state index in [0.717, 1.165) is 11.1 Å². The van der Waals surface area contributed by atoms with Gasteiger partial charge in [0.15, 0.2) is 0 Å². The van der Waals surface area contributed by atoms with Crippen molar-refractivity contribution >= 4 is 23.1 Å². The van der Waals surface area contributed by atoms with Crippen molar-refractivity contribution < 1.29 is 9.90 Å². The average molecular weight is 256 g/mol. The van der Waals surface area contributed by atoms with Crippen LogP contribution in [0.15, 0.2) is 60.7 Å². The monoisotopic (exact) mass is 256 g/mol. The summed E-state index contributed by atoms with van der Waals surface area (Å²) in [5.41, 5.74) is 1.80. The van der Waals surface area contributed by atoms with E-state index < -0.39 is 5.97 Å². The maximum Gasteiger partial charge on any atom is 0.343 e. The topological polar surface area (TPSA) is 37.3 Å². The van der Waals surface area contributed by atoms with Crippen LogP contribution in [0.25, 0.3) is 0 Å². The third kappa shape index (κ3) is 2.63. The second kappa shape index (κ2) is 5.56. The van der Waals surface area contributed by atoms with Gasteiger partial charge in [-0.05, 0) is 11.1 Å². The van der Waals surface area contributed by atoms with E-state index in [2.05, 4.69) is 0 Å². The van der Waals surface area contributed by atoms with Crippen LogP contribution in [0.1, 0.15) is 17.0 Å². The first kappa shape index (κ1) is 12.5. The SMILES string of the molecule is O=C(O)C(=S)C(c1ccccc1)c1ccccc1. The Morgan fingerprint density at radius 3 is 1.61 bits per heavy atom. The van der Waals surface area contributed by atoms with Crippen LogP contribution in [0.3, 0.4) is 0 Å². The molecule has 2 rings (SSSR count). The fraction of sp³-hybridized carbons (Fsp3) is 0.0667. The van der Waals surface area contributed by atoms with E-state index in [0.29, 0.717) is 0 Å². The normalized spacial score (nSPS) is 10.3. The van der Waals surface area contributed by atoms with Crippen LogP contribution in [0.5, 0.6) is 0 Å². The van der Waals surface area contributed by atoms with E-state index in [1.807, 2.05) is 60.7 Å². The lowest BCUT2D eigenvalue weighted by Crippen LogP contribution is -2.20. The van der Waals surface area contributed by atoms with Crippen molar-refractivity contribution in [2.24, 2.45) is 0 Å². The van der Waals surface area contributed by atoms with E-state index in [1.54, 1.807) is 0 Å². The number of benzene rings is 2. The Kier molecular flexibility index (Phi) is 3.85. The summed E-state index contributed by atoms with van der Waals surface area (Å²) in [7, 11) is 0. The molecular formula is C15H12O2S. The molecule has 2 aromatic rings. The minimum Gasteiger partial charge on any atom is -0.477 e. The van der Waals surface area contributed by atoms with Gasteiger partial charge in [0.25, 0.3) is 0 Å².